The van der Waals surface area contributed by atoms with Crippen molar-refractivity contribution in [3.05, 3.63) is 29.7 Å². The van der Waals surface area contributed by atoms with E-state index in [-0.39, 0.29) is 43.2 Å². The SMILES string of the molecule is CC(C)(C)OC(=O)N[C@H](c1cn2ncc(C(NC(=O)C(F)(F)CC3CC3)C3(C#N)CC3)cc2n1)C1CCC(F)(F)CC1. The molecule has 3 aliphatic carbocycles. The molecule has 0 aliphatic heterocycles. The van der Waals surface area contributed by atoms with Gasteiger partial charge in [-0.2, -0.15) is 19.1 Å². The van der Waals surface area contributed by atoms with Crippen molar-refractivity contribution in [1.29, 1.82) is 5.26 Å². The summed E-state index contributed by atoms with van der Waals surface area (Å²) >= 11 is 0. The number of carbonyl (C=O) groups is 2. The van der Waals surface area contributed by atoms with Gasteiger partial charge in [0.2, 0.25) is 5.92 Å². The molecule has 3 fully saturated rings. The Morgan fingerprint density at radius 1 is 1.14 bits per heavy atom. The zero-order valence-electron chi connectivity index (χ0n) is 23.9. The maximum Gasteiger partial charge on any atom is 0.408 e. The minimum absolute atomic E-state index is 0.161. The Labute approximate surface area is 241 Å². The number of aromatic nitrogens is 3. The molecule has 3 saturated carbocycles. The fourth-order valence-electron chi connectivity index (χ4n) is 5.64. The smallest absolute Gasteiger partial charge is 0.408 e. The van der Waals surface area contributed by atoms with Crippen molar-refractivity contribution in [2.45, 2.75) is 108 Å². The lowest BCUT2D eigenvalue weighted by molar-refractivity contribution is -0.148. The highest BCUT2D eigenvalue weighted by Gasteiger charge is 2.54. The molecule has 228 valence electrons. The van der Waals surface area contributed by atoms with Crippen LogP contribution >= 0.6 is 0 Å². The number of fused-ring (bicyclic) bond motifs is 1. The summed E-state index contributed by atoms with van der Waals surface area (Å²) in [5.74, 6) is -8.25. The molecule has 3 aliphatic rings. The van der Waals surface area contributed by atoms with Crippen molar-refractivity contribution in [3.63, 3.8) is 0 Å². The number of carbonyl (C=O) groups excluding carboxylic acids is 2. The lowest BCUT2D eigenvalue weighted by Gasteiger charge is -2.33. The fraction of sp³-hybridized carbons (Fsp3) is 0.690. The number of imidazole rings is 1. The summed E-state index contributed by atoms with van der Waals surface area (Å²) in [5, 5.41) is 19.4. The van der Waals surface area contributed by atoms with Crippen molar-refractivity contribution in [2.24, 2.45) is 17.3 Å². The van der Waals surface area contributed by atoms with Crippen LogP contribution in [-0.4, -0.2) is 44.0 Å². The van der Waals surface area contributed by atoms with Gasteiger partial charge in [0.15, 0.2) is 5.65 Å². The number of amides is 2. The van der Waals surface area contributed by atoms with Crippen LogP contribution in [0.2, 0.25) is 0 Å². The Hall–Kier alpha value is -3.43. The summed E-state index contributed by atoms with van der Waals surface area (Å²) < 4.78 is 64.0. The zero-order valence-corrected chi connectivity index (χ0v) is 23.9. The van der Waals surface area contributed by atoms with Gasteiger partial charge in [-0.05, 0) is 82.8 Å². The van der Waals surface area contributed by atoms with Crippen molar-refractivity contribution < 1.29 is 31.9 Å². The molecule has 5 rings (SSSR count). The molecule has 9 nitrogen and oxygen atoms in total. The number of ether oxygens (including phenoxy) is 1. The van der Waals surface area contributed by atoms with Crippen LogP contribution in [0.15, 0.2) is 18.5 Å². The number of nitriles is 1. The van der Waals surface area contributed by atoms with Crippen molar-refractivity contribution in [2.75, 3.05) is 0 Å². The van der Waals surface area contributed by atoms with Gasteiger partial charge in [-0.25, -0.2) is 23.1 Å². The van der Waals surface area contributed by atoms with Crippen LogP contribution < -0.4 is 10.6 Å². The molecule has 0 spiro atoms. The number of hydrogen-bond donors (Lipinski definition) is 2. The van der Waals surface area contributed by atoms with Gasteiger partial charge in [-0.15, -0.1) is 0 Å². The summed E-state index contributed by atoms with van der Waals surface area (Å²) in [7, 11) is 0. The number of halogens is 4. The second kappa shape index (κ2) is 10.7. The Balaban J connectivity index is 1.43. The molecule has 2 aromatic rings. The Kier molecular flexibility index (Phi) is 7.64. The maximum absolute atomic E-state index is 14.7. The van der Waals surface area contributed by atoms with Gasteiger partial charge < -0.3 is 15.4 Å². The molecule has 2 N–H and O–H groups in total. The van der Waals surface area contributed by atoms with Gasteiger partial charge in [0, 0.05) is 19.3 Å². The van der Waals surface area contributed by atoms with Crippen LogP contribution in [0.5, 0.6) is 0 Å². The van der Waals surface area contributed by atoms with E-state index in [1.54, 1.807) is 33.0 Å². The first-order valence-corrected chi connectivity index (χ1v) is 14.4. The number of nitrogens with one attached hydrogen (secondary N) is 2. The van der Waals surface area contributed by atoms with E-state index in [4.69, 9.17) is 4.74 Å². The fourth-order valence-corrected chi connectivity index (χ4v) is 5.64. The van der Waals surface area contributed by atoms with E-state index in [0.29, 0.717) is 36.9 Å². The first-order valence-electron chi connectivity index (χ1n) is 14.4. The van der Waals surface area contributed by atoms with E-state index >= 15 is 0 Å². The minimum atomic E-state index is -3.56. The third-order valence-electron chi connectivity index (χ3n) is 8.33. The van der Waals surface area contributed by atoms with Gasteiger partial charge in [0.25, 0.3) is 5.91 Å². The highest BCUT2D eigenvalue weighted by atomic mass is 19.3. The lowest BCUT2D eigenvalue weighted by Crippen LogP contribution is -2.44. The second-order valence-corrected chi connectivity index (χ2v) is 13.1. The summed E-state index contributed by atoms with van der Waals surface area (Å²) in [6.07, 6.45) is 3.63. The van der Waals surface area contributed by atoms with Crippen LogP contribution in [0.3, 0.4) is 0 Å². The Morgan fingerprint density at radius 2 is 1.81 bits per heavy atom. The first-order chi connectivity index (χ1) is 19.6. The average molecular weight is 593 g/mol. The molecular formula is C29H36F4N6O3. The van der Waals surface area contributed by atoms with Crippen LogP contribution in [-0.2, 0) is 9.53 Å². The molecule has 0 radical (unpaired) electrons. The predicted octanol–water partition coefficient (Wildman–Crippen LogP) is 6.02. The monoisotopic (exact) mass is 592 g/mol. The highest BCUT2D eigenvalue weighted by molar-refractivity contribution is 5.84. The summed E-state index contributed by atoms with van der Waals surface area (Å²) in [6, 6.07) is 1.99. The molecule has 1 unspecified atom stereocenters. The minimum Gasteiger partial charge on any atom is -0.444 e. The van der Waals surface area contributed by atoms with Crippen LogP contribution in [0.1, 0.15) is 102 Å². The maximum atomic E-state index is 14.7. The topological polar surface area (TPSA) is 121 Å². The van der Waals surface area contributed by atoms with Crippen LogP contribution in [0.4, 0.5) is 22.4 Å². The molecule has 0 saturated heterocycles. The molecule has 0 aromatic carbocycles. The Bertz CT molecular complexity index is 1380. The van der Waals surface area contributed by atoms with Crippen LogP contribution in [0.25, 0.3) is 5.65 Å². The summed E-state index contributed by atoms with van der Waals surface area (Å²) in [4.78, 5) is 30.0. The number of alkyl halides is 4. The number of rotatable bonds is 9. The third-order valence-corrected chi connectivity index (χ3v) is 8.33. The molecule has 13 heteroatoms. The quantitative estimate of drug-likeness (QED) is 0.344. The summed E-state index contributed by atoms with van der Waals surface area (Å²) in [5.41, 5.74) is -0.799. The van der Waals surface area contributed by atoms with Gasteiger partial charge in [-0.3, -0.25) is 4.79 Å². The van der Waals surface area contributed by atoms with E-state index in [0.717, 1.165) is 0 Å². The van der Waals surface area contributed by atoms with Crippen LogP contribution in [0, 0.1) is 28.6 Å². The first kappa shape index (κ1) is 30.0. The van der Waals surface area contributed by atoms with Crippen molar-refractivity contribution in [3.8, 4) is 6.07 Å². The van der Waals surface area contributed by atoms with E-state index in [1.165, 1.54) is 10.7 Å². The molecule has 2 atom stereocenters. The van der Waals surface area contributed by atoms with Crippen molar-refractivity contribution >= 4 is 17.6 Å². The summed E-state index contributed by atoms with van der Waals surface area (Å²) in [6.45, 7) is 5.14. The van der Waals surface area contributed by atoms with E-state index in [9.17, 15) is 32.4 Å². The molecule has 0 bridgehead atoms. The zero-order chi connectivity index (χ0) is 30.5. The number of nitrogens with zero attached hydrogens (tertiary/aromatic N) is 4. The average Bonchev–Trinajstić information content (AvgIpc) is 3.82. The van der Waals surface area contributed by atoms with Gasteiger partial charge in [-0.1, -0.05) is 0 Å². The van der Waals surface area contributed by atoms with E-state index in [1.807, 2.05) is 0 Å². The molecule has 2 amide bonds. The molecule has 42 heavy (non-hydrogen) atoms. The lowest BCUT2D eigenvalue weighted by atomic mass is 9.81. The van der Waals surface area contributed by atoms with Gasteiger partial charge in [0.05, 0.1) is 41.7 Å². The second-order valence-electron chi connectivity index (χ2n) is 13.1. The van der Waals surface area contributed by atoms with E-state index < -0.39 is 53.4 Å². The van der Waals surface area contributed by atoms with Crippen molar-refractivity contribution in [1.82, 2.24) is 25.2 Å². The number of hydrogen-bond acceptors (Lipinski definition) is 6. The third kappa shape index (κ3) is 6.79. The molecule has 2 heterocycles. The van der Waals surface area contributed by atoms with Gasteiger partial charge in [0.1, 0.15) is 5.60 Å². The standard InChI is InChI=1S/C29H36F4N6O3/c1-26(2,3)42-25(41)37-22(18-6-8-28(30,31)9-7-18)20-15-39-21(36-20)12-19(14-35-39)23(27(16-34)10-11-27)38-24(40)29(32,33)13-17-4-5-17/h12,14-15,17-18,22-23H,4-11,13H2,1-3H3,(H,37,41)(H,38,40)/t22-,23?/m0/s1. The number of alkyl carbamates (subject to hydrolysis) is 1. The molecule has 2 aromatic heterocycles. The molecular weight excluding hydrogens is 556 g/mol. The predicted molar refractivity (Wildman–Crippen MR) is 142 cm³/mol. The highest BCUT2D eigenvalue weighted by Crippen LogP contribution is 2.55. The van der Waals surface area contributed by atoms with Gasteiger partial charge >= 0.3 is 12.0 Å². The van der Waals surface area contributed by atoms with E-state index in [2.05, 4.69) is 26.8 Å². The Morgan fingerprint density at radius 3 is 2.38 bits per heavy atom. The normalized spacial score (nSPS) is 21.7. The largest absolute Gasteiger partial charge is 0.444 e.